The molecule has 0 atom stereocenters. The summed E-state index contributed by atoms with van der Waals surface area (Å²) in [6.45, 7) is 0. The molecule has 0 spiro atoms. The second kappa shape index (κ2) is 6.81. The third-order valence-electron chi connectivity index (χ3n) is 2.74. The summed E-state index contributed by atoms with van der Waals surface area (Å²) in [5.41, 5.74) is -3.68. The van der Waals surface area contributed by atoms with Gasteiger partial charge in [0.15, 0.2) is 5.78 Å². The number of carbonyl (C=O) groups is 1. The van der Waals surface area contributed by atoms with Crippen molar-refractivity contribution >= 4 is 21.7 Å². The highest BCUT2D eigenvalue weighted by Gasteiger charge is 2.39. The fourth-order valence-corrected chi connectivity index (χ4v) is 2.11. The number of ketones is 1. The molecule has 0 saturated heterocycles. The Kier molecular flexibility index (Phi) is 5.83. The van der Waals surface area contributed by atoms with Crippen molar-refractivity contribution in [3.05, 3.63) is 34.9 Å². The largest absolute Gasteiger partial charge is 0.417 e. The minimum Gasteiger partial charge on any atom is -0.294 e. The van der Waals surface area contributed by atoms with Crippen LogP contribution in [0.1, 0.15) is 40.7 Å². The van der Waals surface area contributed by atoms with Gasteiger partial charge >= 0.3 is 12.4 Å². The summed E-state index contributed by atoms with van der Waals surface area (Å²) in [4.78, 5) is 11.8. The zero-order valence-electron chi connectivity index (χ0n) is 10.6. The third-order valence-corrected chi connectivity index (χ3v) is 3.30. The highest BCUT2D eigenvalue weighted by atomic mass is 79.9. The van der Waals surface area contributed by atoms with Crippen LogP contribution in [0.25, 0.3) is 0 Å². The van der Waals surface area contributed by atoms with Crippen LogP contribution in [-0.4, -0.2) is 11.1 Å². The lowest BCUT2D eigenvalue weighted by atomic mass is 9.97. The van der Waals surface area contributed by atoms with E-state index in [1.807, 2.05) is 0 Å². The summed E-state index contributed by atoms with van der Waals surface area (Å²) < 4.78 is 76.0. The quantitative estimate of drug-likeness (QED) is 0.288. The smallest absolute Gasteiger partial charge is 0.294 e. The summed E-state index contributed by atoms with van der Waals surface area (Å²) in [6, 6.07) is 1.08. The van der Waals surface area contributed by atoms with E-state index in [1.165, 1.54) is 0 Å². The Morgan fingerprint density at radius 2 is 1.62 bits per heavy atom. The lowest BCUT2D eigenvalue weighted by molar-refractivity contribution is -0.143. The maximum Gasteiger partial charge on any atom is 0.417 e. The zero-order chi connectivity index (χ0) is 16.3. The first-order valence-electron chi connectivity index (χ1n) is 5.95. The average Bonchev–Trinajstić information content (AvgIpc) is 2.36. The molecule has 0 unspecified atom stereocenters. The molecule has 0 saturated carbocycles. The van der Waals surface area contributed by atoms with Gasteiger partial charge in [0.1, 0.15) is 0 Å². The second-order valence-corrected chi connectivity index (χ2v) is 5.12. The Morgan fingerprint density at radius 3 is 2.10 bits per heavy atom. The Bertz CT molecular complexity index is 506. The van der Waals surface area contributed by atoms with Gasteiger partial charge in [0.25, 0.3) is 0 Å². The highest BCUT2D eigenvalue weighted by Crippen LogP contribution is 2.37. The Labute approximate surface area is 125 Å². The number of hydrogen-bond donors (Lipinski definition) is 0. The van der Waals surface area contributed by atoms with Crippen LogP contribution in [0, 0.1) is 0 Å². The molecule has 118 valence electrons. The number of alkyl halides is 7. The molecule has 1 aromatic rings. The molecule has 0 aliphatic rings. The number of benzene rings is 1. The lowest BCUT2D eigenvalue weighted by Gasteiger charge is -2.15. The van der Waals surface area contributed by atoms with Crippen LogP contribution >= 0.6 is 15.9 Å². The van der Waals surface area contributed by atoms with E-state index in [0.717, 1.165) is 0 Å². The number of halogens is 7. The third kappa shape index (κ3) is 5.01. The van der Waals surface area contributed by atoms with Crippen molar-refractivity contribution in [3.8, 4) is 0 Å². The fraction of sp³-hybridized carbons (Fsp3) is 0.462. The van der Waals surface area contributed by atoms with E-state index < -0.39 is 34.8 Å². The first-order chi connectivity index (χ1) is 9.57. The minimum atomic E-state index is -5.01. The second-order valence-electron chi connectivity index (χ2n) is 4.33. The molecule has 0 aromatic heterocycles. The van der Waals surface area contributed by atoms with Crippen molar-refractivity contribution in [2.45, 2.75) is 31.6 Å². The molecule has 8 heteroatoms. The van der Waals surface area contributed by atoms with Crippen LogP contribution in [0.3, 0.4) is 0 Å². The topological polar surface area (TPSA) is 17.1 Å². The predicted molar refractivity (Wildman–Crippen MR) is 68.4 cm³/mol. The zero-order valence-corrected chi connectivity index (χ0v) is 12.2. The first-order valence-corrected chi connectivity index (χ1v) is 7.07. The van der Waals surface area contributed by atoms with Gasteiger partial charge in [-0.15, -0.1) is 0 Å². The van der Waals surface area contributed by atoms with Gasteiger partial charge in [0, 0.05) is 17.3 Å². The van der Waals surface area contributed by atoms with Gasteiger partial charge in [0.05, 0.1) is 11.1 Å². The molecule has 0 aliphatic heterocycles. The monoisotopic (exact) mass is 376 g/mol. The average molecular weight is 377 g/mol. The number of carbonyl (C=O) groups excluding carboxylic acids is 1. The van der Waals surface area contributed by atoms with Crippen LogP contribution < -0.4 is 0 Å². The normalized spacial score (nSPS) is 12.5. The fourth-order valence-electron chi connectivity index (χ4n) is 1.71. The molecule has 0 radical (unpaired) electrons. The molecular weight excluding hydrogens is 366 g/mol. The van der Waals surface area contributed by atoms with Crippen LogP contribution in [0.4, 0.5) is 26.3 Å². The van der Waals surface area contributed by atoms with Gasteiger partial charge in [-0.2, -0.15) is 26.3 Å². The minimum absolute atomic E-state index is 0.0162. The number of Topliss-reactive ketones (excluding diaryl/α,β-unsaturated/α-hetero) is 1. The number of hydrogen-bond acceptors (Lipinski definition) is 1. The molecule has 21 heavy (non-hydrogen) atoms. The molecule has 0 aliphatic carbocycles. The molecule has 0 bridgehead atoms. The lowest BCUT2D eigenvalue weighted by Crippen LogP contribution is -2.16. The standard InChI is InChI=1S/C13H11BrF6O/c14-6-2-1-3-11(21)9-5-4-8(12(15,16)17)7-10(9)13(18,19)20/h4-5,7H,1-3,6H2. The van der Waals surface area contributed by atoms with Crippen molar-refractivity contribution in [2.24, 2.45) is 0 Å². The van der Waals surface area contributed by atoms with Crippen molar-refractivity contribution in [1.82, 2.24) is 0 Å². The van der Waals surface area contributed by atoms with Gasteiger partial charge in [-0.3, -0.25) is 4.79 Å². The van der Waals surface area contributed by atoms with Crippen molar-refractivity contribution in [3.63, 3.8) is 0 Å². The van der Waals surface area contributed by atoms with E-state index in [1.54, 1.807) is 0 Å². The SMILES string of the molecule is O=C(CCCCBr)c1ccc(C(F)(F)F)cc1C(F)(F)F. The van der Waals surface area contributed by atoms with Gasteiger partial charge in [-0.05, 0) is 25.0 Å². The van der Waals surface area contributed by atoms with Gasteiger partial charge in [-0.1, -0.05) is 22.0 Å². The molecule has 0 heterocycles. The van der Waals surface area contributed by atoms with Crippen LogP contribution in [0.5, 0.6) is 0 Å². The summed E-state index contributed by atoms with van der Waals surface area (Å²) in [5, 5.41) is 0.597. The van der Waals surface area contributed by atoms with Crippen LogP contribution in [-0.2, 0) is 12.4 Å². The van der Waals surface area contributed by atoms with E-state index in [9.17, 15) is 31.1 Å². The maximum atomic E-state index is 12.8. The summed E-state index contributed by atoms with van der Waals surface area (Å²) in [7, 11) is 0. The molecule has 0 N–H and O–H groups in total. The van der Waals surface area contributed by atoms with Gasteiger partial charge in [0.2, 0.25) is 0 Å². The van der Waals surface area contributed by atoms with E-state index in [4.69, 9.17) is 0 Å². The van der Waals surface area contributed by atoms with E-state index in [2.05, 4.69) is 15.9 Å². The summed E-state index contributed by atoms with van der Waals surface area (Å²) in [5.74, 6) is -0.808. The van der Waals surface area contributed by atoms with Crippen molar-refractivity contribution < 1.29 is 31.1 Å². The van der Waals surface area contributed by atoms with E-state index in [0.29, 0.717) is 30.3 Å². The Hall–Kier alpha value is -1.05. The molecule has 1 rings (SSSR count). The maximum absolute atomic E-state index is 12.8. The summed E-state index contributed by atoms with van der Waals surface area (Å²) in [6.07, 6.45) is -9.09. The molecule has 0 amide bonds. The van der Waals surface area contributed by atoms with E-state index in [-0.39, 0.29) is 12.5 Å². The van der Waals surface area contributed by atoms with Gasteiger partial charge in [-0.25, -0.2) is 0 Å². The number of rotatable bonds is 5. The first kappa shape index (κ1) is 18.0. The molecule has 1 aromatic carbocycles. The molecule has 1 nitrogen and oxygen atoms in total. The van der Waals surface area contributed by atoms with Crippen molar-refractivity contribution in [1.29, 1.82) is 0 Å². The predicted octanol–water partition coefficient (Wildman–Crippen LogP) is 5.47. The Morgan fingerprint density at radius 1 is 1.00 bits per heavy atom. The molecule has 0 fully saturated rings. The van der Waals surface area contributed by atoms with Crippen LogP contribution in [0.2, 0.25) is 0 Å². The van der Waals surface area contributed by atoms with Gasteiger partial charge < -0.3 is 0 Å². The Balaban J connectivity index is 3.17. The van der Waals surface area contributed by atoms with E-state index >= 15 is 0 Å². The summed E-state index contributed by atoms with van der Waals surface area (Å²) >= 11 is 3.12. The van der Waals surface area contributed by atoms with Crippen molar-refractivity contribution in [2.75, 3.05) is 5.33 Å². The molecular formula is C13H11BrF6O. The number of unbranched alkanes of at least 4 members (excludes halogenated alkanes) is 1. The highest BCUT2D eigenvalue weighted by molar-refractivity contribution is 9.09. The van der Waals surface area contributed by atoms with Crippen LogP contribution in [0.15, 0.2) is 18.2 Å².